The van der Waals surface area contributed by atoms with E-state index in [1.54, 1.807) is 18.2 Å². The number of hydrogen-bond acceptors (Lipinski definition) is 4. The fourth-order valence-corrected chi connectivity index (χ4v) is 2.47. The van der Waals surface area contributed by atoms with Crippen molar-refractivity contribution in [3.05, 3.63) is 51.7 Å². The van der Waals surface area contributed by atoms with Gasteiger partial charge in [0, 0.05) is 11.8 Å². The highest BCUT2D eigenvalue weighted by Crippen LogP contribution is 2.17. The molecule has 0 unspecified atom stereocenters. The molecular formula is C14H14F3N3OS. The third-order valence-electron chi connectivity index (χ3n) is 2.89. The highest BCUT2D eigenvalue weighted by molar-refractivity contribution is 7.09. The number of hydrogen-bond donors (Lipinski definition) is 2. The van der Waals surface area contributed by atoms with Gasteiger partial charge in [-0.15, -0.1) is 11.3 Å². The van der Waals surface area contributed by atoms with Crippen molar-refractivity contribution in [1.29, 1.82) is 0 Å². The predicted molar refractivity (Wildman–Crippen MR) is 77.7 cm³/mol. The molecule has 0 atom stereocenters. The first-order valence-corrected chi connectivity index (χ1v) is 7.33. The number of nitrogens with zero attached hydrogens (tertiary/aromatic N) is 1. The zero-order valence-corrected chi connectivity index (χ0v) is 12.3. The smallest absolute Gasteiger partial charge is 0.277 e. The lowest BCUT2D eigenvalue weighted by atomic mass is 10.1. The molecule has 2 aromatic rings. The first-order valence-electron chi connectivity index (χ1n) is 6.45. The summed E-state index contributed by atoms with van der Waals surface area (Å²) >= 11 is 1.17. The Morgan fingerprint density at radius 2 is 2.09 bits per heavy atom. The van der Waals surface area contributed by atoms with Crippen molar-refractivity contribution < 1.29 is 18.0 Å². The Balaban J connectivity index is 1.99. The van der Waals surface area contributed by atoms with E-state index >= 15 is 0 Å². The van der Waals surface area contributed by atoms with Gasteiger partial charge in [-0.2, -0.15) is 0 Å². The van der Waals surface area contributed by atoms with E-state index in [1.165, 1.54) is 22.8 Å². The topological polar surface area (TPSA) is 68.0 Å². The van der Waals surface area contributed by atoms with Gasteiger partial charge < -0.3 is 11.1 Å². The lowest BCUT2D eigenvalue weighted by Gasteiger charge is -2.13. The average molecular weight is 329 g/mol. The van der Waals surface area contributed by atoms with Crippen molar-refractivity contribution in [3.63, 3.8) is 0 Å². The van der Waals surface area contributed by atoms with Crippen LogP contribution in [0.4, 0.5) is 13.2 Å². The molecule has 2 rings (SSSR count). The van der Waals surface area contributed by atoms with Crippen molar-refractivity contribution in [2.75, 3.05) is 13.1 Å². The molecule has 4 nitrogen and oxygen atoms in total. The lowest BCUT2D eigenvalue weighted by molar-refractivity contribution is 0.0118. The highest BCUT2D eigenvalue weighted by atomic mass is 32.1. The van der Waals surface area contributed by atoms with Crippen LogP contribution in [0.25, 0.3) is 0 Å². The molecule has 22 heavy (non-hydrogen) atoms. The molecule has 3 N–H and O–H groups in total. The Morgan fingerprint density at radius 3 is 2.77 bits per heavy atom. The third kappa shape index (κ3) is 4.28. The number of nitrogens with two attached hydrogens (primary N) is 1. The van der Waals surface area contributed by atoms with Crippen LogP contribution in [0.3, 0.4) is 0 Å². The van der Waals surface area contributed by atoms with Gasteiger partial charge in [-0.05, 0) is 11.6 Å². The number of halogens is 3. The zero-order chi connectivity index (χ0) is 16.2. The van der Waals surface area contributed by atoms with Crippen molar-refractivity contribution in [2.24, 2.45) is 5.73 Å². The molecule has 1 heterocycles. The molecule has 0 aliphatic heterocycles. The van der Waals surface area contributed by atoms with Gasteiger partial charge in [-0.3, -0.25) is 4.79 Å². The van der Waals surface area contributed by atoms with E-state index in [9.17, 15) is 18.0 Å². The molecule has 1 aromatic heterocycles. The van der Waals surface area contributed by atoms with Crippen LogP contribution >= 0.6 is 11.3 Å². The summed E-state index contributed by atoms with van der Waals surface area (Å²) in [6, 6.07) is 6.25. The summed E-state index contributed by atoms with van der Waals surface area (Å²) in [5.41, 5.74) is 5.37. The number of amides is 1. The van der Waals surface area contributed by atoms with Crippen LogP contribution in [-0.4, -0.2) is 29.9 Å². The quantitative estimate of drug-likeness (QED) is 0.854. The maximum absolute atomic E-state index is 13.5. The molecule has 8 heteroatoms. The maximum Gasteiger partial charge on any atom is 0.277 e. The van der Waals surface area contributed by atoms with Crippen molar-refractivity contribution in [3.8, 4) is 0 Å². The Kier molecular flexibility index (Phi) is 5.15. The van der Waals surface area contributed by atoms with Gasteiger partial charge in [-0.1, -0.05) is 18.2 Å². The maximum atomic E-state index is 13.5. The van der Waals surface area contributed by atoms with Crippen LogP contribution in [0.2, 0.25) is 0 Å². The van der Waals surface area contributed by atoms with E-state index in [4.69, 9.17) is 5.73 Å². The van der Waals surface area contributed by atoms with Crippen molar-refractivity contribution in [2.45, 2.75) is 12.3 Å². The standard InChI is InChI=1S/C14H14F3N3OS/c15-10-4-2-1-3-9(10)5-12-20-11(6-22-12)13(21)19-8-14(16,17)7-18/h1-4,6H,5,7-8,18H2,(H,19,21). The summed E-state index contributed by atoms with van der Waals surface area (Å²) in [5.74, 6) is -4.21. The van der Waals surface area contributed by atoms with Gasteiger partial charge in [0.2, 0.25) is 0 Å². The molecule has 0 radical (unpaired) electrons. The molecule has 1 aromatic carbocycles. The van der Waals surface area contributed by atoms with Crippen LogP contribution in [0.1, 0.15) is 21.1 Å². The number of alkyl halides is 2. The van der Waals surface area contributed by atoms with E-state index in [2.05, 4.69) is 10.3 Å². The first kappa shape index (κ1) is 16.4. The Morgan fingerprint density at radius 1 is 1.36 bits per heavy atom. The number of nitrogens with one attached hydrogen (secondary N) is 1. The van der Waals surface area contributed by atoms with E-state index in [1.807, 2.05) is 0 Å². The monoisotopic (exact) mass is 329 g/mol. The minimum atomic E-state index is -3.15. The second-order valence-corrected chi connectivity index (χ2v) is 5.58. The Hall–Kier alpha value is -1.93. The number of carbonyl (C=O) groups excluding carboxylic acids is 1. The largest absolute Gasteiger partial charge is 0.345 e. The number of rotatable bonds is 6. The van der Waals surface area contributed by atoms with Crippen LogP contribution in [0, 0.1) is 5.82 Å². The normalized spacial score (nSPS) is 11.5. The summed E-state index contributed by atoms with van der Waals surface area (Å²) in [6.45, 7) is -1.69. The molecule has 0 spiro atoms. The van der Waals surface area contributed by atoms with Gasteiger partial charge in [0.15, 0.2) is 0 Å². The second kappa shape index (κ2) is 6.89. The molecule has 1 amide bonds. The van der Waals surface area contributed by atoms with Gasteiger partial charge in [0.05, 0.1) is 18.1 Å². The van der Waals surface area contributed by atoms with E-state index < -0.39 is 24.9 Å². The first-order chi connectivity index (χ1) is 10.4. The summed E-state index contributed by atoms with van der Waals surface area (Å²) in [5, 5.41) is 4.06. The summed E-state index contributed by atoms with van der Waals surface area (Å²) in [6.07, 6.45) is 0.240. The Labute approximate surface area is 129 Å². The second-order valence-electron chi connectivity index (χ2n) is 4.64. The van der Waals surface area contributed by atoms with Crippen molar-refractivity contribution in [1.82, 2.24) is 10.3 Å². The Bertz CT molecular complexity index is 660. The highest BCUT2D eigenvalue weighted by Gasteiger charge is 2.27. The molecule has 0 fully saturated rings. The summed E-state index contributed by atoms with van der Waals surface area (Å²) in [7, 11) is 0. The minimum absolute atomic E-state index is 0.0316. The molecule has 0 saturated carbocycles. The third-order valence-corrected chi connectivity index (χ3v) is 3.74. The molecule has 118 valence electrons. The number of thiazole rings is 1. The van der Waals surface area contributed by atoms with E-state index in [0.29, 0.717) is 10.6 Å². The van der Waals surface area contributed by atoms with Gasteiger partial charge in [0.1, 0.15) is 11.5 Å². The summed E-state index contributed by atoms with van der Waals surface area (Å²) < 4.78 is 39.5. The summed E-state index contributed by atoms with van der Waals surface area (Å²) in [4.78, 5) is 15.8. The number of aromatic nitrogens is 1. The van der Waals surface area contributed by atoms with Gasteiger partial charge in [-0.25, -0.2) is 18.2 Å². The van der Waals surface area contributed by atoms with E-state index in [-0.39, 0.29) is 17.9 Å². The zero-order valence-electron chi connectivity index (χ0n) is 11.5. The lowest BCUT2D eigenvalue weighted by Crippen LogP contribution is -2.41. The molecule has 0 aliphatic carbocycles. The molecular weight excluding hydrogens is 315 g/mol. The molecule has 0 bridgehead atoms. The number of benzene rings is 1. The molecule has 0 saturated heterocycles. The van der Waals surface area contributed by atoms with Crippen LogP contribution in [0.15, 0.2) is 29.6 Å². The van der Waals surface area contributed by atoms with Gasteiger partial charge in [0.25, 0.3) is 11.8 Å². The fraction of sp³-hybridized carbons (Fsp3) is 0.286. The van der Waals surface area contributed by atoms with Crippen LogP contribution in [0.5, 0.6) is 0 Å². The van der Waals surface area contributed by atoms with Crippen molar-refractivity contribution >= 4 is 17.2 Å². The SMILES string of the molecule is NCC(F)(F)CNC(=O)c1csc(Cc2ccccc2F)n1. The van der Waals surface area contributed by atoms with E-state index in [0.717, 1.165) is 0 Å². The van der Waals surface area contributed by atoms with Crippen LogP contribution < -0.4 is 11.1 Å². The minimum Gasteiger partial charge on any atom is -0.345 e. The fourth-order valence-electron chi connectivity index (χ4n) is 1.67. The van der Waals surface area contributed by atoms with Crippen LogP contribution in [-0.2, 0) is 6.42 Å². The number of carbonyl (C=O) groups is 1. The molecule has 0 aliphatic rings. The predicted octanol–water partition coefficient (Wildman–Crippen LogP) is 2.20. The average Bonchev–Trinajstić information content (AvgIpc) is 2.96. The van der Waals surface area contributed by atoms with Gasteiger partial charge >= 0.3 is 0 Å².